The topological polar surface area (TPSA) is 88.0 Å². The van der Waals surface area contributed by atoms with E-state index in [1.165, 1.54) is 0 Å². The van der Waals surface area contributed by atoms with Crippen molar-refractivity contribution in [3.8, 4) is 6.07 Å². The molecule has 0 aromatic carbocycles. The van der Waals surface area contributed by atoms with E-state index in [1.807, 2.05) is 11.0 Å². The number of ether oxygens (including phenoxy) is 1. The maximum atomic E-state index is 13.7. The number of likely N-dealkylation sites (tertiary alicyclic amines) is 1. The molecule has 0 saturated carbocycles. The van der Waals surface area contributed by atoms with Crippen LogP contribution in [-0.2, 0) is 9.53 Å². The van der Waals surface area contributed by atoms with Crippen LogP contribution in [0.4, 0.5) is 11.4 Å². The lowest BCUT2D eigenvalue weighted by atomic mass is 9.90. The van der Waals surface area contributed by atoms with Gasteiger partial charge in [0.1, 0.15) is 11.6 Å². The molecule has 4 aliphatic rings. The highest BCUT2D eigenvalue weighted by Gasteiger charge is 2.45. The normalized spacial score (nSPS) is 23.6. The van der Waals surface area contributed by atoms with Gasteiger partial charge in [0.25, 0.3) is 5.91 Å². The van der Waals surface area contributed by atoms with Gasteiger partial charge in [-0.15, -0.1) is 0 Å². The molecular formula is C26H37N7O2. The van der Waals surface area contributed by atoms with Crippen molar-refractivity contribution >= 4 is 17.3 Å². The molecule has 188 valence electrons. The predicted molar refractivity (Wildman–Crippen MR) is 135 cm³/mol. The summed E-state index contributed by atoms with van der Waals surface area (Å²) in [4.78, 5) is 26.9. The molecule has 9 heteroatoms. The van der Waals surface area contributed by atoms with E-state index in [4.69, 9.17) is 4.74 Å². The van der Waals surface area contributed by atoms with Crippen LogP contribution in [0.1, 0.15) is 40.0 Å². The van der Waals surface area contributed by atoms with E-state index in [0.717, 1.165) is 88.8 Å². The van der Waals surface area contributed by atoms with E-state index in [2.05, 4.69) is 51.8 Å². The maximum Gasteiger partial charge on any atom is 0.266 e. The number of anilines is 2. The Morgan fingerprint density at radius 3 is 2.49 bits per heavy atom. The third kappa shape index (κ3) is 4.28. The second kappa shape index (κ2) is 9.41. The van der Waals surface area contributed by atoms with Crippen LogP contribution >= 0.6 is 0 Å². The van der Waals surface area contributed by atoms with Crippen molar-refractivity contribution in [2.45, 2.75) is 51.1 Å². The molecule has 35 heavy (non-hydrogen) atoms. The van der Waals surface area contributed by atoms with Crippen LogP contribution in [0.15, 0.2) is 29.7 Å². The van der Waals surface area contributed by atoms with E-state index in [-0.39, 0.29) is 17.0 Å². The number of carbonyl (C=O) groups excluding carboxylic acids is 1. The number of fused-ring (bicyclic) bond motifs is 1. The third-order valence-electron chi connectivity index (χ3n) is 8.23. The summed E-state index contributed by atoms with van der Waals surface area (Å²) < 4.78 is 5.49. The number of amides is 1. The number of hydrogen-bond donors (Lipinski definition) is 1. The zero-order valence-corrected chi connectivity index (χ0v) is 21.2. The summed E-state index contributed by atoms with van der Waals surface area (Å²) in [5, 5.41) is 13.8. The molecule has 3 fully saturated rings. The molecule has 5 rings (SSSR count). The number of piperidine rings is 1. The van der Waals surface area contributed by atoms with Crippen LogP contribution in [-0.4, -0.2) is 95.8 Å². The van der Waals surface area contributed by atoms with Gasteiger partial charge in [-0.3, -0.25) is 19.6 Å². The SMILES string of the molecule is CC1(N2CCN(C(C)(C)C(=C(C#N)C(=O)N3CCCCC3)N3CNc4cnccc43)CC2)COC1. The Balaban J connectivity index is 1.50. The predicted octanol–water partition coefficient (Wildman–Crippen LogP) is 2.25. The third-order valence-corrected chi connectivity index (χ3v) is 8.23. The minimum atomic E-state index is -0.522. The molecule has 1 aromatic rings. The lowest BCUT2D eigenvalue weighted by molar-refractivity contribution is -0.143. The minimum Gasteiger partial charge on any atom is -0.377 e. The number of carbonyl (C=O) groups is 1. The van der Waals surface area contributed by atoms with Crippen LogP contribution in [0.25, 0.3) is 0 Å². The molecule has 3 saturated heterocycles. The average Bonchev–Trinajstić information content (AvgIpc) is 3.29. The molecule has 5 heterocycles. The molecule has 0 atom stereocenters. The highest BCUT2D eigenvalue weighted by atomic mass is 16.5. The van der Waals surface area contributed by atoms with E-state index in [0.29, 0.717) is 6.67 Å². The number of pyridine rings is 1. The van der Waals surface area contributed by atoms with Crippen molar-refractivity contribution in [2.24, 2.45) is 0 Å². The fourth-order valence-corrected chi connectivity index (χ4v) is 5.97. The van der Waals surface area contributed by atoms with E-state index < -0.39 is 5.54 Å². The molecule has 0 bridgehead atoms. The largest absolute Gasteiger partial charge is 0.377 e. The van der Waals surface area contributed by atoms with Crippen LogP contribution in [0.5, 0.6) is 0 Å². The van der Waals surface area contributed by atoms with Crippen molar-refractivity contribution in [3.05, 3.63) is 29.7 Å². The van der Waals surface area contributed by atoms with E-state index in [1.54, 1.807) is 12.4 Å². The summed E-state index contributed by atoms with van der Waals surface area (Å²) in [5.41, 5.74) is 2.52. The van der Waals surface area contributed by atoms with Gasteiger partial charge in [-0.25, -0.2) is 0 Å². The molecule has 0 aliphatic carbocycles. The second-order valence-corrected chi connectivity index (χ2v) is 10.9. The van der Waals surface area contributed by atoms with Crippen molar-refractivity contribution < 1.29 is 9.53 Å². The summed E-state index contributed by atoms with van der Waals surface area (Å²) in [6.07, 6.45) is 6.69. The first-order chi connectivity index (χ1) is 16.8. The highest BCUT2D eigenvalue weighted by Crippen LogP contribution is 2.40. The smallest absolute Gasteiger partial charge is 0.266 e. The standard InChI is InChI=1S/C26H37N7O2/c1-25(2,31-11-13-32(14-12-31)26(3)17-35-18-26)23(33-19-29-21-16-28-8-7-22(21)33)20(15-27)24(34)30-9-5-4-6-10-30/h7-8,16,29H,4-6,9-14,17-19H2,1-3H3. The molecule has 9 nitrogen and oxygen atoms in total. The van der Waals surface area contributed by atoms with Crippen molar-refractivity contribution in [3.63, 3.8) is 0 Å². The van der Waals surface area contributed by atoms with Crippen molar-refractivity contribution in [1.82, 2.24) is 19.7 Å². The van der Waals surface area contributed by atoms with Gasteiger partial charge < -0.3 is 19.9 Å². The van der Waals surface area contributed by atoms with Gasteiger partial charge in [-0.1, -0.05) is 0 Å². The number of nitrogens with zero attached hydrogens (tertiary/aromatic N) is 6. The van der Waals surface area contributed by atoms with Gasteiger partial charge in [0.2, 0.25) is 0 Å². The number of piperazine rings is 1. The molecule has 0 radical (unpaired) electrons. The lowest BCUT2D eigenvalue weighted by Gasteiger charge is -2.53. The van der Waals surface area contributed by atoms with Crippen LogP contribution in [0.2, 0.25) is 0 Å². The van der Waals surface area contributed by atoms with Gasteiger partial charge in [0.15, 0.2) is 0 Å². The Bertz CT molecular complexity index is 1030. The Morgan fingerprint density at radius 1 is 1.14 bits per heavy atom. The van der Waals surface area contributed by atoms with E-state index in [9.17, 15) is 10.1 Å². The summed E-state index contributed by atoms with van der Waals surface area (Å²) in [5.74, 6) is -0.143. The van der Waals surface area contributed by atoms with Crippen LogP contribution < -0.4 is 10.2 Å². The molecule has 1 amide bonds. The monoisotopic (exact) mass is 479 g/mol. The van der Waals surface area contributed by atoms with Gasteiger partial charge >= 0.3 is 0 Å². The Morgan fingerprint density at radius 2 is 1.86 bits per heavy atom. The first-order valence-electron chi connectivity index (χ1n) is 12.8. The van der Waals surface area contributed by atoms with Gasteiger partial charge in [-0.05, 0) is 46.1 Å². The zero-order chi connectivity index (χ0) is 24.6. The summed E-state index contributed by atoms with van der Waals surface area (Å²) >= 11 is 0. The number of nitriles is 1. The lowest BCUT2D eigenvalue weighted by Crippen LogP contribution is -2.66. The maximum absolute atomic E-state index is 13.7. The van der Waals surface area contributed by atoms with Gasteiger partial charge in [-0.2, -0.15) is 5.26 Å². The molecule has 1 N–H and O–H groups in total. The minimum absolute atomic E-state index is 0.127. The molecule has 1 aromatic heterocycles. The Labute approximate surface area is 208 Å². The first kappa shape index (κ1) is 24.0. The fraction of sp³-hybridized carbons (Fsp3) is 0.654. The number of rotatable bonds is 5. The zero-order valence-electron chi connectivity index (χ0n) is 21.2. The number of aromatic nitrogens is 1. The van der Waals surface area contributed by atoms with Gasteiger partial charge in [0, 0.05) is 45.5 Å². The molecule has 4 aliphatic heterocycles. The fourth-order valence-electron chi connectivity index (χ4n) is 5.97. The van der Waals surface area contributed by atoms with E-state index >= 15 is 0 Å². The quantitative estimate of drug-likeness (QED) is 0.508. The summed E-state index contributed by atoms with van der Waals surface area (Å²) in [6.45, 7) is 13.7. The van der Waals surface area contributed by atoms with Crippen molar-refractivity contribution in [2.75, 3.05) is 69.4 Å². The molecule has 0 unspecified atom stereocenters. The van der Waals surface area contributed by atoms with Gasteiger partial charge in [0.05, 0.1) is 54.2 Å². The highest BCUT2D eigenvalue weighted by molar-refractivity contribution is 5.99. The second-order valence-electron chi connectivity index (χ2n) is 10.9. The average molecular weight is 480 g/mol. The summed E-state index contributed by atoms with van der Waals surface area (Å²) in [6, 6.07) is 4.31. The molecular weight excluding hydrogens is 442 g/mol. The first-order valence-corrected chi connectivity index (χ1v) is 12.8. The number of hydrogen-bond acceptors (Lipinski definition) is 8. The molecule has 0 spiro atoms. The number of nitrogens with one attached hydrogen (secondary N) is 1. The Kier molecular flexibility index (Phi) is 6.47. The Hall–Kier alpha value is -2.67. The van der Waals surface area contributed by atoms with Crippen LogP contribution in [0, 0.1) is 11.3 Å². The summed E-state index contributed by atoms with van der Waals surface area (Å²) in [7, 11) is 0. The van der Waals surface area contributed by atoms with Crippen molar-refractivity contribution in [1.29, 1.82) is 5.26 Å². The van der Waals surface area contributed by atoms with Crippen LogP contribution in [0.3, 0.4) is 0 Å².